The van der Waals surface area contributed by atoms with Crippen LogP contribution in [0.15, 0.2) is 29.3 Å². The standard InChI is InChI=1S/C22H24FN7/c1-4-18-16-11-30(10-9-19(16)27-13(2)26-18)22(25-12-24)21-20(28-14(3)29-21)15-7-5-6-8-17(15)23/h5-8,12,24H,4,9-11H2,1-3H3,(H,28,29). The van der Waals surface area contributed by atoms with Crippen molar-refractivity contribution in [1.82, 2.24) is 24.8 Å². The molecule has 0 spiro atoms. The van der Waals surface area contributed by atoms with E-state index in [-0.39, 0.29) is 5.82 Å². The molecule has 7 nitrogen and oxygen atoms in total. The second-order valence-electron chi connectivity index (χ2n) is 7.28. The lowest BCUT2D eigenvalue weighted by molar-refractivity contribution is 0.385. The van der Waals surface area contributed by atoms with Crippen molar-refractivity contribution in [2.45, 2.75) is 40.2 Å². The number of aromatic nitrogens is 4. The van der Waals surface area contributed by atoms with E-state index in [4.69, 9.17) is 5.41 Å². The molecule has 2 N–H and O–H groups in total. The van der Waals surface area contributed by atoms with Gasteiger partial charge in [-0.15, -0.1) is 0 Å². The molecule has 1 aliphatic rings. The summed E-state index contributed by atoms with van der Waals surface area (Å²) in [5, 5.41) is 7.60. The topological polar surface area (TPSA) is 93.9 Å². The number of fused-ring (bicyclic) bond motifs is 1. The molecule has 1 aliphatic heterocycles. The van der Waals surface area contributed by atoms with Gasteiger partial charge in [0, 0.05) is 36.3 Å². The van der Waals surface area contributed by atoms with Crippen molar-refractivity contribution in [3.63, 3.8) is 0 Å². The summed E-state index contributed by atoms with van der Waals surface area (Å²) < 4.78 is 14.5. The minimum atomic E-state index is -0.347. The predicted molar refractivity (Wildman–Crippen MR) is 114 cm³/mol. The fraction of sp³-hybridized carbons (Fsp3) is 0.318. The summed E-state index contributed by atoms with van der Waals surface area (Å²) in [7, 11) is 0. The number of aliphatic imine (C=N–C) groups is 1. The monoisotopic (exact) mass is 405 g/mol. The lowest BCUT2D eigenvalue weighted by atomic mass is 10.0. The number of halogens is 1. The maximum Gasteiger partial charge on any atom is 0.156 e. The highest BCUT2D eigenvalue weighted by atomic mass is 19.1. The van der Waals surface area contributed by atoms with Crippen LogP contribution in [0.25, 0.3) is 11.3 Å². The number of amidine groups is 1. The molecular weight excluding hydrogens is 381 g/mol. The molecule has 0 unspecified atom stereocenters. The Morgan fingerprint density at radius 1 is 1.27 bits per heavy atom. The Hall–Kier alpha value is -3.42. The van der Waals surface area contributed by atoms with Crippen molar-refractivity contribution < 1.29 is 4.39 Å². The van der Waals surface area contributed by atoms with E-state index in [0.29, 0.717) is 41.7 Å². The van der Waals surface area contributed by atoms with E-state index in [1.807, 2.05) is 13.8 Å². The van der Waals surface area contributed by atoms with E-state index in [1.165, 1.54) is 6.07 Å². The fourth-order valence-electron chi connectivity index (χ4n) is 3.96. The average molecular weight is 405 g/mol. The number of benzene rings is 1. The molecule has 3 heterocycles. The van der Waals surface area contributed by atoms with Gasteiger partial charge in [0.1, 0.15) is 35.2 Å². The molecule has 0 saturated carbocycles. The van der Waals surface area contributed by atoms with E-state index in [0.717, 1.165) is 42.0 Å². The smallest absolute Gasteiger partial charge is 0.156 e. The Kier molecular flexibility index (Phi) is 5.39. The second-order valence-corrected chi connectivity index (χ2v) is 7.28. The second kappa shape index (κ2) is 8.14. The summed E-state index contributed by atoms with van der Waals surface area (Å²) in [6.07, 6.45) is 2.59. The van der Waals surface area contributed by atoms with Crippen LogP contribution in [0, 0.1) is 25.1 Å². The van der Waals surface area contributed by atoms with Crippen LogP contribution >= 0.6 is 0 Å². The zero-order valence-corrected chi connectivity index (χ0v) is 17.3. The van der Waals surface area contributed by atoms with Crippen LogP contribution in [-0.4, -0.2) is 43.6 Å². The predicted octanol–water partition coefficient (Wildman–Crippen LogP) is 3.60. The van der Waals surface area contributed by atoms with E-state index >= 15 is 0 Å². The quantitative estimate of drug-likeness (QED) is 0.512. The number of H-pyrrole nitrogens is 1. The SMILES string of the molecule is CCc1nc(C)nc2c1CN(C(=NC=N)c1[nH]c(C)nc1-c1ccccc1F)CC2. The van der Waals surface area contributed by atoms with Crippen LogP contribution in [-0.2, 0) is 19.4 Å². The molecule has 4 rings (SSSR count). The molecule has 2 aromatic heterocycles. The van der Waals surface area contributed by atoms with Crippen molar-refractivity contribution in [3.05, 3.63) is 64.4 Å². The summed E-state index contributed by atoms with van der Waals surface area (Å²) >= 11 is 0. The van der Waals surface area contributed by atoms with E-state index in [9.17, 15) is 4.39 Å². The summed E-state index contributed by atoms with van der Waals surface area (Å²) in [6, 6.07) is 6.55. The van der Waals surface area contributed by atoms with Crippen molar-refractivity contribution in [2.75, 3.05) is 6.54 Å². The Balaban J connectivity index is 1.78. The number of rotatable bonds is 4. The first kappa shape index (κ1) is 19.9. The van der Waals surface area contributed by atoms with Gasteiger partial charge < -0.3 is 9.88 Å². The van der Waals surface area contributed by atoms with Crippen LogP contribution in [0.1, 0.15) is 41.2 Å². The number of nitrogens with zero attached hydrogens (tertiary/aromatic N) is 5. The highest BCUT2D eigenvalue weighted by Gasteiger charge is 2.27. The Morgan fingerprint density at radius 3 is 2.80 bits per heavy atom. The summed E-state index contributed by atoms with van der Waals surface area (Å²) in [4.78, 5) is 23.4. The molecule has 0 fully saturated rings. The van der Waals surface area contributed by atoms with Gasteiger partial charge in [-0.05, 0) is 32.4 Å². The van der Waals surface area contributed by atoms with Gasteiger partial charge in [0.25, 0.3) is 0 Å². The first-order chi connectivity index (χ1) is 14.5. The third-order valence-electron chi connectivity index (χ3n) is 5.25. The Morgan fingerprint density at radius 2 is 2.07 bits per heavy atom. The van der Waals surface area contributed by atoms with E-state index in [1.54, 1.807) is 18.2 Å². The largest absolute Gasteiger partial charge is 0.350 e. The molecule has 30 heavy (non-hydrogen) atoms. The number of aryl methyl sites for hydroxylation is 3. The van der Waals surface area contributed by atoms with Crippen molar-refractivity contribution >= 4 is 12.2 Å². The van der Waals surface area contributed by atoms with Crippen LogP contribution < -0.4 is 0 Å². The van der Waals surface area contributed by atoms with Gasteiger partial charge in [0.05, 0.1) is 5.69 Å². The highest BCUT2D eigenvalue weighted by Crippen LogP contribution is 2.28. The average Bonchev–Trinajstić information content (AvgIpc) is 3.12. The molecule has 0 radical (unpaired) electrons. The molecule has 0 amide bonds. The molecule has 154 valence electrons. The molecule has 0 atom stereocenters. The van der Waals surface area contributed by atoms with E-state index in [2.05, 4.69) is 36.8 Å². The Bertz CT molecular complexity index is 1120. The minimum absolute atomic E-state index is 0.347. The van der Waals surface area contributed by atoms with Gasteiger partial charge in [-0.2, -0.15) is 0 Å². The number of hydrogen-bond donors (Lipinski definition) is 2. The summed E-state index contributed by atoms with van der Waals surface area (Å²) in [5.41, 5.74) is 4.71. The zero-order chi connectivity index (χ0) is 21.3. The maximum absolute atomic E-state index is 14.5. The molecule has 1 aromatic carbocycles. The fourth-order valence-corrected chi connectivity index (χ4v) is 3.96. The maximum atomic E-state index is 14.5. The lowest BCUT2D eigenvalue weighted by Gasteiger charge is -2.31. The molecule has 3 aromatic rings. The van der Waals surface area contributed by atoms with Crippen LogP contribution in [0.5, 0.6) is 0 Å². The van der Waals surface area contributed by atoms with Gasteiger partial charge in [-0.25, -0.2) is 24.3 Å². The molecule has 0 saturated heterocycles. The Labute approximate surface area is 174 Å². The third-order valence-corrected chi connectivity index (χ3v) is 5.25. The third kappa shape index (κ3) is 3.60. The lowest BCUT2D eigenvalue weighted by Crippen LogP contribution is -2.38. The normalized spacial score (nSPS) is 14.0. The van der Waals surface area contributed by atoms with Gasteiger partial charge in [-0.3, -0.25) is 5.41 Å². The minimum Gasteiger partial charge on any atom is -0.350 e. The first-order valence-electron chi connectivity index (χ1n) is 10.0. The molecule has 0 bridgehead atoms. The highest BCUT2D eigenvalue weighted by molar-refractivity contribution is 6.05. The van der Waals surface area contributed by atoms with Gasteiger partial charge in [-0.1, -0.05) is 19.1 Å². The van der Waals surface area contributed by atoms with E-state index < -0.39 is 0 Å². The summed E-state index contributed by atoms with van der Waals surface area (Å²) in [5.74, 6) is 1.67. The number of aromatic amines is 1. The summed E-state index contributed by atoms with van der Waals surface area (Å²) in [6.45, 7) is 7.10. The van der Waals surface area contributed by atoms with Gasteiger partial charge in [0.2, 0.25) is 0 Å². The van der Waals surface area contributed by atoms with Crippen molar-refractivity contribution in [3.8, 4) is 11.3 Å². The molecule has 8 heteroatoms. The molecular formula is C22H24FN7. The number of nitrogens with one attached hydrogen (secondary N) is 2. The van der Waals surface area contributed by atoms with Gasteiger partial charge in [0.15, 0.2) is 5.84 Å². The van der Waals surface area contributed by atoms with Gasteiger partial charge >= 0.3 is 0 Å². The first-order valence-corrected chi connectivity index (χ1v) is 10.0. The van der Waals surface area contributed by atoms with Crippen LogP contribution in [0.4, 0.5) is 4.39 Å². The zero-order valence-electron chi connectivity index (χ0n) is 17.3. The van der Waals surface area contributed by atoms with Crippen LogP contribution in [0.3, 0.4) is 0 Å². The van der Waals surface area contributed by atoms with Crippen molar-refractivity contribution in [2.24, 2.45) is 4.99 Å². The number of hydrogen-bond acceptors (Lipinski definition) is 4. The number of imidazole rings is 1. The van der Waals surface area contributed by atoms with Crippen molar-refractivity contribution in [1.29, 1.82) is 5.41 Å². The van der Waals surface area contributed by atoms with Crippen LogP contribution in [0.2, 0.25) is 0 Å². The molecule has 0 aliphatic carbocycles.